The van der Waals surface area contributed by atoms with Gasteiger partial charge in [0.2, 0.25) is 11.0 Å². The Morgan fingerprint density at radius 1 is 1.42 bits per heavy atom. The first-order chi connectivity index (χ1) is 9.08. The Balaban J connectivity index is 1.91. The molecule has 6 nitrogen and oxygen atoms in total. The second-order valence-electron chi connectivity index (χ2n) is 5.06. The van der Waals surface area contributed by atoms with E-state index in [2.05, 4.69) is 15.5 Å². The van der Waals surface area contributed by atoms with Crippen molar-refractivity contribution in [2.75, 3.05) is 18.5 Å². The zero-order valence-corrected chi connectivity index (χ0v) is 12.1. The molecule has 106 valence electrons. The number of hydrogen-bond acceptors (Lipinski definition) is 6. The zero-order chi connectivity index (χ0) is 13.8. The van der Waals surface area contributed by atoms with E-state index in [0.717, 1.165) is 17.8 Å². The number of aromatic nitrogens is 2. The molecule has 19 heavy (non-hydrogen) atoms. The minimum atomic E-state index is -0.504. The number of carbonyl (C=O) groups is 1. The monoisotopic (exact) mass is 284 g/mol. The lowest BCUT2D eigenvalue weighted by Crippen LogP contribution is -2.43. The van der Waals surface area contributed by atoms with E-state index >= 15 is 0 Å². The number of amides is 1. The molecule has 1 aromatic rings. The number of anilines is 1. The van der Waals surface area contributed by atoms with Gasteiger partial charge in [-0.2, -0.15) is 0 Å². The highest BCUT2D eigenvalue weighted by molar-refractivity contribution is 7.15. The fourth-order valence-corrected chi connectivity index (χ4v) is 2.74. The van der Waals surface area contributed by atoms with Crippen molar-refractivity contribution in [3.05, 3.63) is 5.01 Å². The SMILES string of the molecule is CC(C)c1nnc(NC(=O)C(N)C2CCOCC2)s1. The van der Waals surface area contributed by atoms with Crippen LogP contribution < -0.4 is 11.1 Å². The van der Waals surface area contributed by atoms with Gasteiger partial charge in [0.05, 0.1) is 6.04 Å². The van der Waals surface area contributed by atoms with Gasteiger partial charge in [-0.25, -0.2) is 0 Å². The highest BCUT2D eigenvalue weighted by atomic mass is 32.1. The Morgan fingerprint density at radius 2 is 2.11 bits per heavy atom. The molecule has 0 bridgehead atoms. The van der Waals surface area contributed by atoms with Crippen molar-refractivity contribution >= 4 is 22.4 Å². The van der Waals surface area contributed by atoms with Gasteiger partial charge in [-0.15, -0.1) is 10.2 Å². The first-order valence-corrected chi connectivity index (χ1v) is 7.37. The van der Waals surface area contributed by atoms with Gasteiger partial charge in [-0.05, 0) is 18.8 Å². The molecule has 3 N–H and O–H groups in total. The summed E-state index contributed by atoms with van der Waals surface area (Å²) in [5, 5.41) is 12.2. The number of nitrogens with two attached hydrogens (primary N) is 1. The second-order valence-corrected chi connectivity index (χ2v) is 6.07. The van der Waals surface area contributed by atoms with Crippen LogP contribution in [0.15, 0.2) is 0 Å². The number of ether oxygens (including phenoxy) is 1. The topological polar surface area (TPSA) is 90.1 Å². The smallest absolute Gasteiger partial charge is 0.243 e. The van der Waals surface area contributed by atoms with Crippen LogP contribution in [0.4, 0.5) is 5.13 Å². The molecule has 1 unspecified atom stereocenters. The van der Waals surface area contributed by atoms with Crippen molar-refractivity contribution in [2.45, 2.75) is 38.6 Å². The number of rotatable bonds is 4. The summed E-state index contributed by atoms with van der Waals surface area (Å²) in [7, 11) is 0. The minimum Gasteiger partial charge on any atom is -0.381 e. The largest absolute Gasteiger partial charge is 0.381 e. The van der Waals surface area contributed by atoms with Crippen LogP contribution in [0.1, 0.15) is 37.6 Å². The molecular weight excluding hydrogens is 264 g/mol. The maximum absolute atomic E-state index is 12.1. The number of carbonyl (C=O) groups excluding carboxylic acids is 1. The van der Waals surface area contributed by atoms with Crippen molar-refractivity contribution in [1.82, 2.24) is 10.2 Å². The molecule has 0 aliphatic carbocycles. The first-order valence-electron chi connectivity index (χ1n) is 6.55. The van der Waals surface area contributed by atoms with Crippen LogP contribution in [-0.2, 0) is 9.53 Å². The molecular formula is C12H20N4O2S. The Bertz CT molecular complexity index is 429. The Kier molecular flexibility index (Phi) is 4.84. The summed E-state index contributed by atoms with van der Waals surface area (Å²) in [6.45, 7) is 5.45. The van der Waals surface area contributed by atoms with Gasteiger partial charge < -0.3 is 10.5 Å². The zero-order valence-electron chi connectivity index (χ0n) is 11.3. The molecule has 1 aliphatic rings. The average molecular weight is 284 g/mol. The fraction of sp³-hybridized carbons (Fsp3) is 0.750. The Labute approximate surface area is 116 Å². The molecule has 1 aliphatic heterocycles. The van der Waals surface area contributed by atoms with E-state index in [-0.39, 0.29) is 11.8 Å². The summed E-state index contributed by atoms with van der Waals surface area (Å²) in [6, 6.07) is -0.504. The van der Waals surface area contributed by atoms with Crippen LogP contribution in [0.3, 0.4) is 0 Å². The highest BCUT2D eigenvalue weighted by Gasteiger charge is 2.27. The summed E-state index contributed by atoms with van der Waals surface area (Å²) in [5.74, 6) is 0.317. The summed E-state index contributed by atoms with van der Waals surface area (Å²) >= 11 is 1.40. The molecule has 0 spiro atoms. The third kappa shape index (κ3) is 3.71. The van der Waals surface area contributed by atoms with Crippen LogP contribution in [0.5, 0.6) is 0 Å². The predicted molar refractivity (Wildman–Crippen MR) is 74.1 cm³/mol. The first kappa shape index (κ1) is 14.4. The Morgan fingerprint density at radius 3 is 2.68 bits per heavy atom. The van der Waals surface area contributed by atoms with E-state index in [4.69, 9.17) is 10.5 Å². The van der Waals surface area contributed by atoms with E-state index in [1.165, 1.54) is 11.3 Å². The third-order valence-electron chi connectivity index (χ3n) is 3.24. The fourth-order valence-electron chi connectivity index (χ4n) is 2.00. The molecule has 1 fully saturated rings. The van der Waals surface area contributed by atoms with Crippen LogP contribution in [-0.4, -0.2) is 35.4 Å². The van der Waals surface area contributed by atoms with Crippen LogP contribution in [0.2, 0.25) is 0 Å². The Hall–Kier alpha value is -1.05. The molecule has 2 rings (SSSR count). The van der Waals surface area contributed by atoms with Gasteiger partial charge in [0.1, 0.15) is 5.01 Å². The van der Waals surface area contributed by atoms with E-state index in [0.29, 0.717) is 24.3 Å². The van der Waals surface area contributed by atoms with E-state index in [9.17, 15) is 4.79 Å². The number of nitrogens with one attached hydrogen (secondary N) is 1. The number of hydrogen-bond donors (Lipinski definition) is 2. The quantitative estimate of drug-likeness (QED) is 0.871. The maximum Gasteiger partial charge on any atom is 0.243 e. The predicted octanol–water partition coefficient (Wildman–Crippen LogP) is 1.35. The van der Waals surface area contributed by atoms with Crippen molar-refractivity contribution in [2.24, 2.45) is 11.7 Å². The molecule has 1 amide bonds. The van der Waals surface area contributed by atoms with Crippen molar-refractivity contribution in [3.63, 3.8) is 0 Å². The van der Waals surface area contributed by atoms with Crippen molar-refractivity contribution < 1.29 is 9.53 Å². The summed E-state index contributed by atoms with van der Waals surface area (Å²) in [5.41, 5.74) is 6.00. The lowest BCUT2D eigenvalue weighted by molar-refractivity contribution is -0.119. The minimum absolute atomic E-state index is 0.182. The normalized spacial score (nSPS) is 18.5. The molecule has 0 aromatic carbocycles. The van der Waals surface area contributed by atoms with Crippen LogP contribution in [0, 0.1) is 5.92 Å². The molecule has 1 aromatic heterocycles. The van der Waals surface area contributed by atoms with Crippen molar-refractivity contribution in [3.8, 4) is 0 Å². The van der Waals surface area contributed by atoms with E-state index in [1.807, 2.05) is 13.8 Å². The standard InChI is InChI=1S/C12H20N4O2S/c1-7(2)11-15-16-12(19-11)14-10(17)9(13)8-3-5-18-6-4-8/h7-9H,3-6,13H2,1-2H3,(H,14,16,17). The van der Waals surface area contributed by atoms with Gasteiger partial charge in [0.25, 0.3) is 0 Å². The van der Waals surface area contributed by atoms with Gasteiger partial charge in [-0.1, -0.05) is 25.2 Å². The van der Waals surface area contributed by atoms with Gasteiger partial charge in [0, 0.05) is 19.1 Å². The molecule has 7 heteroatoms. The van der Waals surface area contributed by atoms with E-state index in [1.54, 1.807) is 0 Å². The van der Waals surface area contributed by atoms with Gasteiger partial charge in [0.15, 0.2) is 0 Å². The summed E-state index contributed by atoms with van der Waals surface area (Å²) in [4.78, 5) is 12.1. The molecule has 0 saturated carbocycles. The molecule has 1 saturated heterocycles. The molecule has 1 atom stereocenters. The summed E-state index contributed by atoms with van der Waals surface area (Å²) in [6.07, 6.45) is 1.67. The number of nitrogens with zero attached hydrogens (tertiary/aromatic N) is 2. The summed E-state index contributed by atoms with van der Waals surface area (Å²) < 4.78 is 5.27. The van der Waals surface area contributed by atoms with Gasteiger partial charge in [-0.3, -0.25) is 10.1 Å². The van der Waals surface area contributed by atoms with Crippen LogP contribution >= 0.6 is 11.3 Å². The molecule has 0 radical (unpaired) electrons. The van der Waals surface area contributed by atoms with Gasteiger partial charge >= 0.3 is 0 Å². The maximum atomic E-state index is 12.1. The highest BCUT2D eigenvalue weighted by Crippen LogP contribution is 2.23. The van der Waals surface area contributed by atoms with Crippen LogP contribution in [0.25, 0.3) is 0 Å². The van der Waals surface area contributed by atoms with Crippen molar-refractivity contribution in [1.29, 1.82) is 0 Å². The van der Waals surface area contributed by atoms with E-state index < -0.39 is 6.04 Å². The average Bonchev–Trinajstić information content (AvgIpc) is 2.87. The second kappa shape index (κ2) is 6.40. The third-order valence-corrected chi connectivity index (χ3v) is 4.38. The lowest BCUT2D eigenvalue weighted by Gasteiger charge is -2.26. The lowest BCUT2D eigenvalue weighted by atomic mass is 9.92. The molecule has 2 heterocycles.